The summed E-state index contributed by atoms with van der Waals surface area (Å²) in [7, 11) is -0.206. The molecule has 1 aliphatic rings. The van der Waals surface area contributed by atoms with E-state index < -0.39 is 10.2 Å². The molecule has 0 bridgehead atoms. The molecule has 0 radical (unpaired) electrons. The minimum Gasteiger partial charge on any atom is -0.383 e. The average Bonchev–Trinajstić information content (AvgIpc) is 3.18. The van der Waals surface area contributed by atoms with E-state index in [1.807, 2.05) is 6.92 Å². The molecular formula is C13H29N3O3S. The molecule has 6 nitrogen and oxygen atoms in total. The van der Waals surface area contributed by atoms with E-state index in [-0.39, 0.29) is 6.04 Å². The van der Waals surface area contributed by atoms with Crippen LogP contribution in [0, 0.1) is 0 Å². The van der Waals surface area contributed by atoms with Gasteiger partial charge in [0.25, 0.3) is 10.2 Å². The van der Waals surface area contributed by atoms with Crippen LogP contribution in [0.4, 0.5) is 0 Å². The monoisotopic (exact) mass is 307 g/mol. The first-order valence-corrected chi connectivity index (χ1v) is 8.89. The molecule has 0 heterocycles. The fourth-order valence-electron chi connectivity index (χ4n) is 2.04. The predicted octanol–water partition coefficient (Wildman–Crippen LogP) is 0.710. The maximum absolute atomic E-state index is 12.2. The molecule has 1 rings (SSSR count). The Morgan fingerprint density at radius 1 is 1.40 bits per heavy atom. The fourth-order valence-corrected chi connectivity index (χ4v) is 3.20. The summed E-state index contributed by atoms with van der Waals surface area (Å²) in [5, 5.41) is 3.38. The zero-order valence-electron chi connectivity index (χ0n) is 12.9. The molecule has 1 saturated carbocycles. The predicted molar refractivity (Wildman–Crippen MR) is 80.9 cm³/mol. The van der Waals surface area contributed by atoms with Crippen molar-refractivity contribution in [1.82, 2.24) is 14.3 Å². The van der Waals surface area contributed by atoms with Gasteiger partial charge >= 0.3 is 0 Å². The van der Waals surface area contributed by atoms with Gasteiger partial charge in [-0.1, -0.05) is 13.3 Å². The lowest BCUT2D eigenvalue weighted by atomic mass is 10.2. The number of hydrogen-bond donors (Lipinski definition) is 2. The third-order valence-corrected chi connectivity index (χ3v) is 5.03. The van der Waals surface area contributed by atoms with Gasteiger partial charge in [0.15, 0.2) is 0 Å². The van der Waals surface area contributed by atoms with Crippen molar-refractivity contribution < 1.29 is 13.2 Å². The van der Waals surface area contributed by atoms with Gasteiger partial charge in [-0.25, -0.2) is 0 Å². The Morgan fingerprint density at radius 3 is 2.65 bits per heavy atom. The van der Waals surface area contributed by atoms with Crippen LogP contribution in [-0.4, -0.2) is 58.7 Å². The van der Waals surface area contributed by atoms with Gasteiger partial charge in [0.1, 0.15) is 0 Å². The van der Waals surface area contributed by atoms with E-state index in [1.165, 1.54) is 17.1 Å². The maximum Gasteiger partial charge on any atom is 0.279 e. The van der Waals surface area contributed by atoms with Crippen LogP contribution in [0.5, 0.6) is 0 Å². The number of nitrogens with zero attached hydrogens (tertiary/aromatic N) is 1. The molecule has 0 aliphatic heterocycles. The van der Waals surface area contributed by atoms with Crippen molar-refractivity contribution in [2.24, 2.45) is 0 Å². The van der Waals surface area contributed by atoms with Crippen LogP contribution in [0.1, 0.15) is 39.0 Å². The van der Waals surface area contributed by atoms with Crippen LogP contribution in [0.3, 0.4) is 0 Å². The SMILES string of the molecule is CCCC(COC)NS(=O)(=O)N(C)CCCNC1CC1. The van der Waals surface area contributed by atoms with E-state index in [1.54, 1.807) is 14.2 Å². The molecule has 20 heavy (non-hydrogen) atoms. The molecule has 2 N–H and O–H groups in total. The van der Waals surface area contributed by atoms with Crippen LogP contribution in [0.15, 0.2) is 0 Å². The molecule has 0 aromatic heterocycles. The van der Waals surface area contributed by atoms with Gasteiger partial charge in [0, 0.05) is 32.8 Å². The molecule has 0 aromatic carbocycles. The normalized spacial score (nSPS) is 17.6. The molecule has 120 valence electrons. The van der Waals surface area contributed by atoms with E-state index >= 15 is 0 Å². The Hall–Kier alpha value is -0.210. The van der Waals surface area contributed by atoms with Crippen molar-refractivity contribution in [2.75, 3.05) is 33.9 Å². The Morgan fingerprint density at radius 2 is 2.10 bits per heavy atom. The second-order valence-corrected chi connectivity index (χ2v) is 7.28. The summed E-state index contributed by atoms with van der Waals surface area (Å²) < 4.78 is 33.5. The Kier molecular flexibility index (Phi) is 7.98. The summed E-state index contributed by atoms with van der Waals surface area (Å²) >= 11 is 0. The molecule has 0 aromatic rings. The first kappa shape index (κ1) is 17.8. The van der Waals surface area contributed by atoms with Crippen molar-refractivity contribution in [1.29, 1.82) is 0 Å². The molecule has 1 unspecified atom stereocenters. The maximum atomic E-state index is 12.2. The van der Waals surface area contributed by atoms with Crippen molar-refractivity contribution in [2.45, 2.75) is 51.1 Å². The summed E-state index contributed by atoms with van der Waals surface area (Å²) in [6, 6.07) is 0.521. The Bertz CT molecular complexity index is 352. The second kappa shape index (κ2) is 8.94. The molecule has 1 atom stereocenters. The lowest BCUT2D eigenvalue weighted by Crippen LogP contribution is -2.46. The quantitative estimate of drug-likeness (QED) is 0.521. The fraction of sp³-hybridized carbons (Fsp3) is 1.00. The Balaban J connectivity index is 2.31. The zero-order chi connectivity index (χ0) is 15.0. The molecule has 7 heteroatoms. The minimum absolute atomic E-state index is 0.151. The van der Waals surface area contributed by atoms with Gasteiger partial charge in [0.2, 0.25) is 0 Å². The average molecular weight is 307 g/mol. The first-order chi connectivity index (χ1) is 9.49. The van der Waals surface area contributed by atoms with Gasteiger partial charge < -0.3 is 10.1 Å². The van der Waals surface area contributed by atoms with Gasteiger partial charge in [-0.05, 0) is 32.2 Å². The van der Waals surface area contributed by atoms with Gasteiger partial charge in [-0.15, -0.1) is 0 Å². The lowest BCUT2D eigenvalue weighted by Gasteiger charge is -2.22. The van der Waals surface area contributed by atoms with E-state index in [2.05, 4.69) is 10.0 Å². The highest BCUT2D eigenvalue weighted by atomic mass is 32.2. The van der Waals surface area contributed by atoms with E-state index in [9.17, 15) is 8.42 Å². The zero-order valence-corrected chi connectivity index (χ0v) is 13.7. The molecular weight excluding hydrogens is 278 g/mol. The van der Waals surface area contributed by atoms with E-state index in [0.29, 0.717) is 19.2 Å². The van der Waals surface area contributed by atoms with Crippen LogP contribution >= 0.6 is 0 Å². The van der Waals surface area contributed by atoms with E-state index in [0.717, 1.165) is 25.8 Å². The molecule has 0 spiro atoms. The molecule has 0 amide bonds. The van der Waals surface area contributed by atoms with Crippen LogP contribution in [-0.2, 0) is 14.9 Å². The number of hydrogen-bond acceptors (Lipinski definition) is 4. The van der Waals surface area contributed by atoms with Crippen LogP contribution in [0.25, 0.3) is 0 Å². The number of ether oxygens (including phenoxy) is 1. The number of nitrogens with one attached hydrogen (secondary N) is 2. The second-order valence-electron chi connectivity index (χ2n) is 5.47. The molecule has 1 aliphatic carbocycles. The third kappa shape index (κ3) is 6.99. The van der Waals surface area contributed by atoms with Crippen LogP contribution < -0.4 is 10.0 Å². The van der Waals surface area contributed by atoms with Crippen molar-refractivity contribution in [3.8, 4) is 0 Å². The Labute approximate surface area is 123 Å². The topological polar surface area (TPSA) is 70.7 Å². The largest absolute Gasteiger partial charge is 0.383 e. The summed E-state index contributed by atoms with van der Waals surface area (Å²) in [4.78, 5) is 0. The smallest absolute Gasteiger partial charge is 0.279 e. The highest BCUT2D eigenvalue weighted by Crippen LogP contribution is 2.18. The van der Waals surface area contributed by atoms with Crippen molar-refractivity contribution in [3.05, 3.63) is 0 Å². The van der Waals surface area contributed by atoms with Gasteiger partial charge in [0.05, 0.1) is 6.61 Å². The van der Waals surface area contributed by atoms with Crippen molar-refractivity contribution in [3.63, 3.8) is 0 Å². The summed E-state index contributed by atoms with van der Waals surface area (Å²) in [6.45, 7) is 3.84. The summed E-state index contributed by atoms with van der Waals surface area (Å²) in [5.41, 5.74) is 0. The first-order valence-electron chi connectivity index (χ1n) is 7.45. The highest BCUT2D eigenvalue weighted by Gasteiger charge is 2.23. The molecule has 0 saturated heterocycles. The summed E-state index contributed by atoms with van der Waals surface area (Å²) in [6.07, 6.45) is 5.04. The van der Waals surface area contributed by atoms with Gasteiger partial charge in [-0.2, -0.15) is 17.4 Å². The molecule has 1 fully saturated rings. The van der Waals surface area contributed by atoms with Crippen LogP contribution in [0.2, 0.25) is 0 Å². The standard InChI is InChI=1S/C13H29N3O3S/c1-4-6-13(11-19-3)15-20(17,18)16(2)10-5-9-14-12-7-8-12/h12-15H,4-11H2,1-3H3. The number of rotatable bonds is 12. The lowest BCUT2D eigenvalue weighted by molar-refractivity contribution is 0.170. The minimum atomic E-state index is -3.41. The summed E-state index contributed by atoms with van der Waals surface area (Å²) in [5.74, 6) is 0. The van der Waals surface area contributed by atoms with Gasteiger partial charge in [-0.3, -0.25) is 0 Å². The third-order valence-electron chi connectivity index (χ3n) is 3.39. The number of methoxy groups -OCH3 is 1. The van der Waals surface area contributed by atoms with Crippen molar-refractivity contribution >= 4 is 10.2 Å². The van der Waals surface area contributed by atoms with E-state index in [4.69, 9.17) is 4.74 Å². The highest BCUT2D eigenvalue weighted by molar-refractivity contribution is 7.87.